The number of rotatable bonds is 4. The highest BCUT2D eigenvalue weighted by atomic mass is 32.2. The Balaban J connectivity index is 2.23. The van der Waals surface area contributed by atoms with E-state index in [4.69, 9.17) is 4.89 Å². The van der Waals surface area contributed by atoms with Gasteiger partial charge in [-0.25, -0.2) is 4.89 Å². The summed E-state index contributed by atoms with van der Waals surface area (Å²) in [6.45, 7) is 3.64. The van der Waals surface area contributed by atoms with Crippen LogP contribution in [0.4, 0.5) is 0 Å². The van der Waals surface area contributed by atoms with E-state index in [1.807, 2.05) is 30.3 Å². The molecule has 1 aliphatic rings. The van der Waals surface area contributed by atoms with Crippen LogP contribution in [0.25, 0.3) is 0 Å². The first-order valence-electron chi connectivity index (χ1n) is 4.62. The zero-order chi connectivity index (χ0) is 10.7. The van der Waals surface area contributed by atoms with Crippen molar-refractivity contribution in [1.82, 2.24) is 0 Å². The molecule has 1 aromatic carbocycles. The first kappa shape index (κ1) is 10.7. The summed E-state index contributed by atoms with van der Waals surface area (Å²) in [5.74, 6) is 0.690. The summed E-state index contributed by atoms with van der Waals surface area (Å²) in [7, 11) is 0. The molecule has 15 heavy (non-hydrogen) atoms. The van der Waals surface area contributed by atoms with E-state index in [1.54, 1.807) is 6.08 Å². The second kappa shape index (κ2) is 4.37. The predicted octanol–water partition coefficient (Wildman–Crippen LogP) is 2.04. The number of aliphatic hydroxyl groups excluding tert-OH is 1. The highest BCUT2D eigenvalue weighted by Gasteiger charge is 2.53. The van der Waals surface area contributed by atoms with Gasteiger partial charge in [0, 0.05) is 11.3 Å². The molecule has 2 rings (SSSR count). The Morgan fingerprint density at radius 3 is 2.67 bits per heavy atom. The molecule has 1 N–H and O–H groups in total. The first-order chi connectivity index (χ1) is 7.29. The van der Waals surface area contributed by atoms with Crippen LogP contribution in [-0.2, 0) is 14.7 Å². The molecule has 1 heterocycles. The van der Waals surface area contributed by atoms with Crippen LogP contribution in [0.15, 0.2) is 43.0 Å². The third kappa shape index (κ3) is 1.81. The maximum atomic E-state index is 9.64. The second-order valence-electron chi connectivity index (χ2n) is 3.17. The molecule has 0 aliphatic carbocycles. The molecule has 1 saturated heterocycles. The molecule has 0 radical (unpaired) electrons. The predicted molar refractivity (Wildman–Crippen MR) is 59.0 cm³/mol. The van der Waals surface area contributed by atoms with Crippen molar-refractivity contribution in [2.75, 3.05) is 5.75 Å². The minimum atomic E-state index is -0.926. The molecular formula is C11H12O3S. The van der Waals surface area contributed by atoms with Gasteiger partial charge in [0.25, 0.3) is 0 Å². The molecule has 0 saturated carbocycles. The van der Waals surface area contributed by atoms with Crippen molar-refractivity contribution >= 4 is 11.8 Å². The van der Waals surface area contributed by atoms with Crippen LogP contribution in [0.2, 0.25) is 0 Å². The Bertz CT molecular complexity index is 341. The summed E-state index contributed by atoms with van der Waals surface area (Å²) in [4.78, 5) is 8.89. The fourth-order valence-corrected chi connectivity index (χ4v) is 2.34. The Morgan fingerprint density at radius 2 is 2.20 bits per heavy atom. The molecule has 1 aromatic rings. The van der Waals surface area contributed by atoms with Crippen molar-refractivity contribution in [3.05, 3.63) is 48.6 Å². The Kier molecular flexibility index (Phi) is 3.11. The molecule has 3 nitrogen and oxygen atoms in total. The van der Waals surface area contributed by atoms with E-state index in [-0.39, 0.29) is 0 Å². The Hall–Kier alpha value is -0.810. The average molecular weight is 224 g/mol. The van der Waals surface area contributed by atoms with E-state index < -0.39 is 11.2 Å². The van der Waals surface area contributed by atoms with E-state index in [1.165, 1.54) is 11.8 Å². The van der Waals surface area contributed by atoms with Gasteiger partial charge < -0.3 is 5.11 Å². The largest absolute Gasteiger partial charge is 0.362 e. The quantitative estimate of drug-likeness (QED) is 0.627. The van der Waals surface area contributed by atoms with E-state index in [9.17, 15) is 5.11 Å². The molecule has 1 aliphatic heterocycles. The number of aliphatic hydroxyl groups is 1. The Labute approximate surface area is 92.6 Å². The van der Waals surface area contributed by atoms with Gasteiger partial charge in [-0.3, -0.25) is 0 Å². The van der Waals surface area contributed by atoms with E-state index in [2.05, 4.69) is 11.5 Å². The van der Waals surface area contributed by atoms with Crippen molar-refractivity contribution in [3.63, 3.8) is 0 Å². The van der Waals surface area contributed by atoms with Gasteiger partial charge in [-0.2, -0.15) is 4.89 Å². The lowest BCUT2D eigenvalue weighted by Gasteiger charge is -2.43. The molecule has 0 bridgehead atoms. The minimum Gasteiger partial charge on any atom is -0.362 e. The summed E-state index contributed by atoms with van der Waals surface area (Å²) in [6.07, 6.45) is 0.842. The second-order valence-corrected chi connectivity index (χ2v) is 4.39. The van der Waals surface area contributed by atoms with Gasteiger partial charge in [-0.05, 0) is 0 Å². The Morgan fingerprint density at radius 1 is 1.47 bits per heavy atom. The van der Waals surface area contributed by atoms with Crippen LogP contribution in [0.5, 0.6) is 0 Å². The molecule has 2 atom stereocenters. The zero-order valence-electron chi connectivity index (χ0n) is 8.13. The van der Waals surface area contributed by atoms with Gasteiger partial charge in [-0.15, -0.1) is 18.3 Å². The number of hydrogen-bond acceptors (Lipinski definition) is 4. The average Bonchev–Trinajstić information content (AvgIpc) is 2.29. The van der Waals surface area contributed by atoms with Crippen LogP contribution in [0.3, 0.4) is 0 Å². The highest BCUT2D eigenvalue weighted by Crippen LogP contribution is 2.48. The summed E-state index contributed by atoms with van der Waals surface area (Å²) in [5, 5.41) is 9.64. The van der Waals surface area contributed by atoms with Gasteiger partial charge in [0.1, 0.15) is 0 Å². The van der Waals surface area contributed by atoms with Crippen LogP contribution < -0.4 is 0 Å². The lowest BCUT2D eigenvalue weighted by molar-refractivity contribution is -0.533. The third-order valence-corrected chi connectivity index (χ3v) is 3.52. The molecule has 4 heteroatoms. The van der Waals surface area contributed by atoms with Gasteiger partial charge in [0.05, 0.1) is 0 Å². The van der Waals surface area contributed by atoms with Crippen molar-refractivity contribution in [2.24, 2.45) is 0 Å². The maximum absolute atomic E-state index is 9.64. The topological polar surface area (TPSA) is 38.7 Å². The lowest BCUT2D eigenvalue weighted by atomic mass is 10.1. The van der Waals surface area contributed by atoms with Crippen molar-refractivity contribution in [3.8, 4) is 0 Å². The summed E-state index contributed by atoms with van der Waals surface area (Å²) in [5.41, 5.74) is 0.899. The fraction of sp³-hybridized carbons (Fsp3) is 0.273. The van der Waals surface area contributed by atoms with Crippen LogP contribution in [0, 0.1) is 0 Å². The normalized spacial score (nSPS) is 29.5. The van der Waals surface area contributed by atoms with E-state index in [0.29, 0.717) is 5.75 Å². The molecule has 0 spiro atoms. The fourth-order valence-electron chi connectivity index (χ4n) is 1.40. The SMILES string of the molecule is C=CCSC1(c2ccccc2)OOC1O. The van der Waals surface area contributed by atoms with Crippen LogP contribution in [-0.4, -0.2) is 17.1 Å². The third-order valence-electron chi connectivity index (χ3n) is 2.18. The summed E-state index contributed by atoms with van der Waals surface area (Å²) < 4.78 is 0. The van der Waals surface area contributed by atoms with E-state index in [0.717, 1.165) is 5.56 Å². The van der Waals surface area contributed by atoms with Crippen LogP contribution >= 0.6 is 11.8 Å². The molecule has 2 unspecified atom stereocenters. The maximum Gasteiger partial charge on any atom is 0.235 e. The van der Waals surface area contributed by atoms with Crippen LogP contribution in [0.1, 0.15) is 5.56 Å². The van der Waals surface area contributed by atoms with Crippen molar-refractivity contribution in [1.29, 1.82) is 0 Å². The van der Waals surface area contributed by atoms with Gasteiger partial charge >= 0.3 is 0 Å². The first-order valence-corrected chi connectivity index (χ1v) is 5.61. The molecule has 0 amide bonds. The molecule has 1 fully saturated rings. The number of benzene rings is 1. The minimum absolute atomic E-state index is 0.690. The lowest BCUT2D eigenvalue weighted by Crippen LogP contribution is -2.51. The summed E-state index contributed by atoms with van der Waals surface area (Å²) in [6, 6.07) is 9.53. The number of hydrogen-bond donors (Lipinski definition) is 1. The van der Waals surface area contributed by atoms with Gasteiger partial charge in [-0.1, -0.05) is 36.4 Å². The smallest absolute Gasteiger partial charge is 0.235 e. The van der Waals surface area contributed by atoms with Gasteiger partial charge in [0.2, 0.25) is 11.2 Å². The number of thioether (sulfide) groups is 1. The van der Waals surface area contributed by atoms with Gasteiger partial charge in [0.15, 0.2) is 0 Å². The standard InChI is InChI=1S/C11H12O3S/c1-2-8-15-11(10(12)13-14-11)9-6-4-3-5-7-9/h2-7,10,12H,1,8H2. The highest BCUT2D eigenvalue weighted by molar-refractivity contribution is 8.00. The van der Waals surface area contributed by atoms with E-state index >= 15 is 0 Å². The zero-order valence-corrected chi connectivity index (χ0v) is 8.94. The molecular weight excluding hydrogens is 212 g/mol. The van der Waals surface area contributed by atoms with Crippen molar-refractivity contribution < 1.29 is 14.9 Å². The monoisotopic (exact) mass is 224 g/mol. The summed E-state index contributed by atoms with van der Waals surface area (Å²) >= 11 is 1.46. The van der Waals surface area contributed by atoms with Crippen molar-refractivity contribution in [2.45, 2.75) is 11.2 Å². The molecule has 0 aromatic heterocycles. The molecule has 80 valence electrons.